The first-order valence-electron chi connectivity index (χ1n) is 9.96. The van der Waals surface area contributed by atoms with E-state index in [1.165, 1.54) is 47.7 Å². The summed E-state index contributed by atoms with van der Waals surface area (Å²) >= 11 is 0. The molecule has 3 rings (SSSR count). The third kappa shape index (κ3) is 5.55. The van der Waals surface area contributed by atoms with Crippen molar-refractivity contribution in [3.8, 4) is 11.4 Å². The Morgan fingerprint density at radius 3 is 2.56 bits per heavy atom. The molecule has 0 aliphatic heterocycles. The van der Waals surface area contributed by atoms with Gasteiger partial charge in [-0.1, -0.05) is 12.1 Å². The highest BCUT2D eigenvalue weighted by Crippen LogP contribution is 2.31. The number of halogens is 3. The van der Waals surface area contributed by atoms with E-state index in [0.717, 1.165) is 12.1 Å². The Labute approximate surface area is 192 Å². The number of hydrazine groups is 1. The van der Waals surface area contributed by atoms with Crippen LogP contribution in [0.5, 0.6) is 0 Å². The maximum absolute atomic E-state index is 13.0. The molecule has 0 fully saturated rings. The molecular weight excluding hydrogens is 455 g/mol. The highest BCUT2D eigenvalue weighted by atomic mass is 19.4. The van der Waals surface area contributed by atoms with E-state index in [-0.39, 0.29) is 28.9 Å². The van der Waals surface area contributed by atoms with Crippen molar-refractivity contribution < 1.29 is 27.9 Å². The van der Waals surface area contributed by atoms with Gasteiger partial charge in [-0.05, 0) is 23.8 Å². The number of H-pyrrole nitrogens is 1. The van der Waals surface area contributed by atoms with E-state index in [0.29, 0.717) is 5.56 Å². The number of aliphatic hydroxyl groups is 1. The molecule has 0 radical (unpaired) electrons. The summed E-state index contributed by atoms with van der Waals surface area (Å²) in [6.07, 6.45) is -1.87. The summed E-state index contributed by atoms with van der Waals surface area (Å²) in [5.74, 6) is -0.707. The van der Waals surface area contributed by atoms with E-state index in [2.05, 4.69) is 25.3 Å². The Balaban J connectivity index is 1.81. The number of hydrogen-bond donors (Lipinski definition) is 3. The molecule has 3 N–H and O–H groups in total. The molecule has 1 aromatic carbocycles. The van der Waals surface area contributed by atoms with Crippen molar-refractivity contribution in [3.05, 3.63) is 59.7 Å². The summed E-state index contributed by atoms with van der Waals surface area (Å²) in [7, 11) is 3.29. The van der Waals surface area contributed by atoms with Crippen LogP contribution in [0, 0.1) is 0 Å². The summed E-state index contributed by atoms with van der Waals surface area (Å²) in [5, 5.41) is 14.9. The van der Waals surface area contributed by atoms with Crippen LogP contribution in [0.3, 0.4) is 0 Å². The van der Waals surface area contributed by atoms with Gasteiger partial charge in [0.25, 0.3) is 11.9 Å². The predicted molar refractivity (Wildman–Crippen MR) is 115 cm³/mol. The number of nitrogens with zero attached hydrogens (tertiary/aromatic N) is 5. The average molecular weight is 477 g/mol. The molecule has 0 aliphatic carbocycles. The second kappa shape index (κ2) is 9.97. The van der Waals surface area contributed by atoms with Crippen LogP contribution in [0.4, 0.5) is 19.1 Å². The van der Waals surface area contributed by atoms with Crippen LogP contribution in [0.2, 0.25) is 0 Å². The SMILES string of the molecule is CC(=O)N(c1ncnc(-c2c[nH]c(C(=O)N[C@H](CO)c3cccc(C(F)(F)F)c3)c2)n1)N(C)C. The van der Waals surface area contributed by atoms with Crippen molar-refractivity contribution in [2.45, 2.75) is 19.1 Å². The fraction of sp³-hybridized carbons (Fsp3) is 0.286. The highest BCUT2D eigenvalue weighted by Gasteiger charge is 2.31. The second-order valence-corrected chi connectivity index (χ2v) is 7.42. The minimum Gasteiger partial charge on any atom is -0.394 e. The Morgan fingerprint density at radius 1 is 1.21 bits per heavy atom. The van der Waals surface area contributed by atoms with Crippen molar-refractivity contribution >= 4 is 17.8 Å². The van der Waals surface area contributed by atoms with Crippen molar-refractivity contribution in [1.82, 2.24) is 30.3 Å². The van der Waals surface area contributed by atoms with Gasteiger partial charge in [-0.3, -0.25) is 9.59 Å². The van der Waals surface area contributed by atoms with E-state index in [4.69, 9.17) is 0 Å². The Bertz CT molecular complexity index is 1180. The molecule has 180 valence electrons. The quantitative estimate of drug-likeness (QED) is 0.445. The number of aromatic nitrogens is 4. The molecule has 2 amide bonds. The zero-order chi connectivity index (χ0) is 25.0. The third-order valence-electron chi connectivity index (χ3n) is 4.74. The molecule has 3 aromatic rings. The average Bonchev–Trinajstić information content (AvgIpc) is 3.27. The van der Waals surface area contributed by atoms with Crippen molar-refractivity contribution in [3.63, 3.8) is 0 Å². The van der Waals surface area contributed by atoms with Crippen LogP contribution in [-0.2, 0) is 11.0 Å². The topological polar surface area (TPSA) is 127 Å². The van der Waals surface area contributed by atoms with Gasteiger partial charge in [0.1, 0.15) is 12.0 Å². The summed E-state index contributed by atoms with van der Waals surface area (Å²) in [6.45, 7) is 0.743. The van der Waals surface area contributed by atoms with E-state index in [9.17, 15) is 27.9 Å². The number of benzene rings is 1. The largest absolute Gasteiger partial charge is 0.416 e. The lowest BCUT2D eigenvalue weighted by Crippen LogP contribution is -2.41. The number of rotatable bonds is 7. The number of aromatic amines is 1. The number of nitrogens with one attached hydrogen (secondary N) is 2. The minimum absolute atomic E-state index is 0.0680. The number of alkyl halides is 3. The van der Waals surface area contributed by atoms with Gasteiger partial charge in [0, 0.05) is 32.8 Å². The second-order valence-electron chi connectivity index (χ2n) is 7.42. The summed E-state index contributed by atoms with van der Waals surface area (Å²) in [5.41, 5.74) is -0.301. The molecule has 1 atom stereocenters. The van der Waals surface area contributed by atoms with E-state index in [1.807, 2.05) is 0 Å². The lowest BCUT2D eigenvalue weighted by Gasteiger charge is -2.25. The van der Waals surface area contributed by atoms with Gasteiger partial charge in [0.05, 0.1) is 18.2 Å². The first kappa shape index (κ1) is 24.8. The molecule has 10 nitrogen and oxygen atoms in total. The molecule has 0 unspecified atom stereocenters. The summed E-state index contributed by atoms with van der Waals surface area (Å²) in [4.78, 5) is 39.6. The number of hydrogen-bond acceptors (Lipinski definition) is 7. The Hall–Kier alpha value is -3.84. The predicted octanol–water partition coefficient (Wildman–Crippen LogP) is 2.18. The van der Waals surface area contributed by atoms with Gasteiger partial charge in [-0.2, -0.15) is 23.1 Å². The van der Waals surface area contributed by atoms with Gasteiger partial charge in [0.2, 0.25) is 5.91 Å². The lowest BCUT2D eigenvalue weighted by molar-refractivity contribution is -0.137. The van der Waals surface area contributed by atoms with Crippen LogP contribution >= 0.6 is 0 Å². The Kier molecular flexibility index (Phi) is 7.27. The molecule has 0 spiro atoms. The van der Waals surface area contributed by atoms with Gasteiger partial charge >= 0.3 is 6.18 Å². The van der Waals surface area contributed by atoms with E-state index in [1.54, 1.807) is 14.1 Å². The smallest absolute Gasteiger partial charge is 0.394 e. The van der Waals surface area contributed by atoms with Crippen molar-refractivity contribution in [2.75, 3.05) is 25.7 Å². The Morgan fingerprint density at radius 2 is 1.94 bits per heavy atom. The number of carbonyl (C=O) groups is 2. The highest BCUT2D eigenvalue weighted by molar-refractivity contribution is 5.94. The van der Waals surface area contributed by atoms with E-state index >= 15 is 0 Å². The monoisotopic (exact) mass is 477 g/mol. The molecule has 0 aliphatic rings. The van der Waals surface area contributed by atoms with Gasteiger partial charge in [-0.25, -0.2) is 15.0 Å². The van der Waals surface area contributed by atoms with Crippen LogP contribution in [0.1, 0.15) is 34.6 Å². The standard InChI is InChI=1S/C21H22F3N7O3/c1-12(33)31(30(2)3)20-27-11-26-18(29-20)14-8-16(25-9-14)19(34)28-17(10-32)13-5-4-6-15(7-13)21(22,23)24/h4-9,11,17,25,32H,10H2,1-3H3,(H,28,34)/t17-/m1/s1. The number of amides is 2. The van der Waals surface area contributed by atoms with Crippen LogP contribution < -0.4 is 10.3 Å². The molecule has 34 heavy (non-hydrogen) atoms. The molecule has 0 bridgehead atoms. The maximum Gasteiger partial charge on any atom is 0.416 e. The van der Waals surface area contributed by atoms with Gasteiger partial charge in [-0.15, -0.1) is 0 Å². The molecule has 2 heterocycles. The fourth-order valence-corrected chi connectivity index (χ4v) is 3.19. The first-order valence-corrected chi connectivity index (χ1v) is 9.96. The van der Waals surface area contributed by atoms with Crippen molar-refractivity contribution in [1.29, 1.82) is 0 Å². The number of aliphatic hydroxyl groups excluding tert-OH is 1. The molecule has 0 saturated heterocycles. The first-order chi connectivity index (χ1) is 16.0. The molecule has 2 aromatic heterocycles. The minimum atomic E-state index is -4.55. The maximum atomic E-state index is 13.0. The molecule has 13 heteroatoms. The molecule has 0 saturated carbocycles. The normalized spacial score (nSPS) is 12.5. The van der Waals surface area contributed by atoms with Gasteiger partial charge < -0.3 is 15.4 Å². The zero-order valence-electron chi connectivity index (χ0n) is 18.5. The van der Waals surface area contributed by atoms with E-state index < -0.39 is 30.3 Å². The zero-order valence-corrected chi connectivity index (χ0v) is 18.5. The van der Waals surface area contributed by atoms with Gasteiger partial charge in [0.15, 0.2) is 5.82 Å². The van der Waals surface area contributed by atoms with Crippen molar-refractivity contribution in [2.24, 2.45) is 0 Å². The lowest BCUT2D eigenvalue weighted by atomic mass is 10.0. The fourth-order valence-electron chi connectivity index (χ4n) is 3.19. The number of carbonyl (C=O) groups excluding carboxylic acids is 2. The van der Waals surface area contributed by atoms with Crippen LogP contribution in [0.15, 0.2) is 42.9 Å². The van der Waals surface area contributed by atoms with Crippen LogP contribution in [0.25, 0.3) is 11.4 Å². The summed E-state index contributed by atoms with van der Waals surface area (Å²) in [6, 6.07) is 4.74. The summed E-state index contributed by atoms with van der Waals surface area (Å²) < 4.78 is 39.0. The molecular formula is C21H22F3N7O3. The van der Waals surface area contributed by atoms with Crippen LogP contribution in [-0.4, -0.2) is 62.6 Å². The third-order valence-corrected chi connectivity index (χ3v) is 4.74. The number of anilines is 1.